The van der Waals surface area contributed by atoms with Gasteiger partial charge in [0.15, 0.2) is 7.29 Å². The van der Waals surface area contributed by atoms with E-state index in [9.17, 15) is 14.5 Å². The predicted molar refractivity (Wildman–Crippen MR) is 100 cm³/mol. The monoisotopic (exact) mass is 369 g/mol. The van der Waals surface area contributed by atoms with E-state index in [1.807, 2.05) is 42.5 Å². The Hall–Kier alpha value is -2.36. The van der Waals surface area contributed by atoms with E-state index in [0.717, 1.165) is 12.2 Å². The molecule has 1 fully saturated rings. The summed E-state index contributed by atoms with van der Waals surface area (Å²) in [6.45, 7) is 0. The molecule has 0 amide bonds. The standard InChI is InChI=1S/C20H20NO4P/c22-20(23)19-13-8-15-5-4-14-26(24,21(15)19)18-11-9-17(10-12-18)25-16-6-2-1-3-7-16/h1-7,9-12,15,19H,8,13-14H2,(H,22,23)/t15-,19-,26+/m0/s1. The second-order valence-corrected chi connectivity index (χ2v) is 9.35. The van der Waals surface area contributed by atoms with Crippen LogP contribution in [0.5, 0.6) is 11.5 Å². The van der Waals surface area contributed by atoms with Crippen molar-refractivity contribution >= 4 is 18.6 Å². The zero-order chi connectivity index (χ0) is 18.1. The molecule has 0 spiro atoms. The van der Waals surface area contributed by atoms with E-state index in [1.54, 1.807) is 28.9 Å². The fraction of sp³-hybridized carbons (Fsp3) is 0.250. The summed E-state index contributed by atoms with van der Waals surface area (Å²) in [6.07, 6.45) is 5.55. The third kappa shape index (κ3) is 2.98. The molecular weight excluding hydrogens is 349 g/mol. The molecule has 1 N–H and O–H groups in total. The van der Waals surface area contributed by atoms with E-state index in [4.69, 9.17) is 4.74 Å². The second-order valence-electron chi connectivity index (χ2n) is 6.60. The highest BCUT2D eigenvalue weighted by Crippen LogP contribution is 2.57. The maximum absolute atomic E-state index is 13.8. The largest absolute Gasteiger partial charge is 0.480 e. The zero-order valence-electron chi connectivity index (χ0n) is 14.2. The molecule has 0 radical (unpaired) electrons. The lowest BCUT2D eigenvalue weighted by molar-refractivity contribution is -0.140. The number of carbonyl (C=O) groups is 1. The van der Waals surface area contributed by atoms with Gasteiger partial charge in [0.05, 0.1) is 0 Å². The van der Waals surface area contributed by atoms with Crippen LogP contribution >= 0.6 is 7.29 Å². The van der Waals surface area contributed by atoms with Crippen molar-refractivity contribution in [3.05, 3.63) is 66.7 Å². The minimum Gasteiger partial charge on any atom is -0.480 e. The van der Waals surface area contributed by atoms with Crippen molar-refractivity contribution in [2.75, 3.05) is 6.16 Å². The van der Waals surface area contributed by atoms with Crippen LogP contribution in [0.3, 0.4) is 0 Å². The lowest BCUT2D eigenvalue weighted by Gasteiger charge is -2.37. The number of benzene rings is 2. The molecule has 5 nitrogen and oxygen atoms in total. The summed E-state index contributed by atoms with van der Waals surface area (Å²) in [5.74, 6) is 0.497. The van der Waals surface area contributed by atoms with E-state index in [2.05, 4.69) is 0 Å². The van der Waals surface area contributed by atoms with Crippen molar-refractivity contribution in [1.82, 2.24) is 4.67 Å². The molecule has 0 bridgehead atoms. The minimum atomic E-state index is -2.97. The Labute approximate surface area is 152 Å². The van der Waals surface area contributed by atoms with Crippen LogP contribution in [-0.4, -0.2) is 34.0 Å². The smallest absolute Gasteiger partial charge is 0.321 e. The summed E-state index contributed by atoms with van der Waals surface area (Å²) in [7, 11) is -2.97. The lowest BCUT2D eigenvalue weighted by atomic mass is 10.2. The van der Waals surface area contributed by atoms with Gasteiger partial charge in [-0.25, -0.2) is 4.67 Å². The second kappa shape index (κ2) is 6.75. The van der Waals surface area contributed by atoms with E-state index in [1.165, 1.54) is 0 Å². The van der Waals surface area contributed by atoms with Crippen molar-refractivity contribution in [3.63, 3.8) is 0 Å². The Morgan fingerprint density at radius 2 is 1.73 bits per heavy atom. The van der Waals surface area contributed by atoms with Gasteiger partial charge in [-0.3, -0.25) is 4.79 Å². The van der Waals surface area contributed by atoms with Crippen molar-refractivity contribution in [2.45, 2.75) is 24.9 Å². The third-order valence-corrected chi connectivity index (χ3v) is 8.12. The molecule has 134 valence electrons. The van der Waals surface area contributed by atoms with Crippen molar-refractivity contribution in [3.8, 4) is 11.5 Å². The van der Waals surface area contributed by atoms with Gasteiger partial charge >= 0.3 is 5.97 Å². The van der Waals surface area contributed by atoms with Gasteiger partial charge in [0.1, 0.15) is 17.5 Å². The summed E-state index contributed by atoms with van der Waals surface area (Å²) in [4.78, 5) is 11.6. The van der Waals surface area contributed by atoms with Crippen molar-refractivity contribution < 1.29 is 19.2 Å². The minimum absolute atomic E-state index is 0.0593. The van der Waals surface area contributed by atoms with Gasteiger partial charge in [0.25, 0.3) is 0 Å². The van der Waals surface area contributed by atoms with Crippen LogP contribution in [0.4, 0.5) is 0 Å². The van der Waals surface area contributed by atoms with E-state index in [0.29, 0.717) is 23.6 Å². The van der Waals surface area contributed by atoms with Crippen molar-refractivity contribution in [2.24, 2.45) is 0 Å². The fourth-order valence-electron chi connectivity index (χ4n) is 3.78. The van der Waals surface area contributed by atoms with Crippen molar-refractivity contribution in [1.29, 1.82) is 0 Å². The number of carboxylic acid groups (broad SMARTS) is 1. The highest BCUT2D eigenvalue weighted by molar-refractivity contribution is 7.69. The van der Waals surface area contributed by atoms with Crippen LogP contribution in [0.1, 0.15) is 12.8 Å². The summed E-state index contributed by atoms with van der Waals surface area (Å²) in [6, 6.07) is 15.9. The number of allylic oxidation sites excluding steroid dienone is 1. The first-order valence-corrected chi connectivity index (χ1v) is 10.5. The third-order valence-electron chi connectivity index (χ3n) is 4.98. The molecule has 0 unspecified atom stereocenters. The van der Waals surface area contributed by atoms with Crippen LogP contribution in [0.2, 0.25) is 0 Å². The quantitative estimate of drug-likeness (QED) is 0.655. The summed E-state index contributed by atoms with van der Waals surface area (Å²) >= 11 is 0. The summed E-state index contributed by atoms with van der Waals surface area (Å²) in [5, 5.41) is 10.2. The van der Waals surface area contributed by atoms with Crippen LogP contribution in [0.15, 0.2) is 66.7 Å². The molecule has 6 heteroatoms. The highest BCUT2D eigenvalue weighted by atomic mass is 31.2. The fourth-order valence-corrected chi connectivity index (χ4v) is 6.80. The molecule has 1 saturated heterocycles. The number of ether oxygens (including phenoxy) is 1. The molecule has 0 aliphatic carbocycles. The average molecular weight is 369 g/mol. The number of rotatable bonds is 4. The molecule has 0 saturated carbocycles. The summed E-state index contributed by atoms with van der Waals surface area (Å²) in [5.41, 5.74) is 0. The molecule has 2 aromatic rings. The van der Waals surface area contributed by atoms with E-state index < -0.39 is 19.3 Å². The molecule has 3 atom stereocenters. The first kappa shape index (κ1) is 17.1. The van der Waals surface area contributed by atoms with Crippen LogP contribution in [0.25, 0.3) is 0 Å². The van der Waals surface area contributed by atoms with E-state index >= 15 is 0 Å². The number of para-hydroxylation sites is 1. The number of fused-ring (bicyclic) bond motifs is 1. The van der Waals surface area contributed by atoms with Gasteiger partial charge < -0.3 is 14.4 Å². The van der Waals surface area contributed by atoms with Gasteiger partial charge in [-0.15, -0.1) is 0 Å². The maximum Gasteiger partial charge on any atom is 0.321 e. The Morgan fingerprint density at radius 1 is 1.04 bits per heavy atom. The topological polar surface area (TPSA) is 66.8 Å². The SMILES string of the molecule is O=C(O)[C@@H]1CC[C@@H]2C=CC[P@@](=O)(c3ccc(Oc4ccccc4)cc3)N21. The maximum atomic E-state index is 13.8. The molecule has 2 heterocycles. The highest BCUT2D eigenvalue weighted by Gasteiger charge is 2.48. The lowest BCUT2D eigenvalue weighted by Crippen LogP contribution is -2.42. The molecule has 0 aromatic heterocycles. The van der Waals surface area contributed by atoms with Gasteiger partial charge in [0.2, 0.25) is 0 Å². The average Bonchev–Trinajstić information content (AvgIpc) is 3.09. The van der Waals surface area contributed by atoms with E-state index in [-0.39, 0.29) is 6.04 Å². The zero-order valence-corrected chi connectivity index (χ0v) is 15.1. The Balaban J connectivity index is 1.62. The predicted octanol–water partition coefficient (Wildman–Crippen LogP) is 3.87. The van der Waals surface area contributed by atoms with Gasteiger partial charge in [-0.1, -0.05) is 30.4 Å². The van der Waals surface area contributed by atoms with Gasteiger partial charge in [-0.05, 0) is 49.2 Å². The van der Waals surface area contributed by atoms with Gasteiger partial charge in [-0.2, -0.15) is 0 Å². The molecule has 2 aliphatic rings. The van der Waals surface area contributed by atoms with Crippen LogP contribution < -0.4 is 10.0 Å². The Morgan fingerprint density at radius 3 is 2.42 bits per heavy atom. The first-order valence-electron chi connectivity index (χ1n) is 8.69. The number of hydrogen-bond donors (Lipinski definition) is 1. The molecule has 2 aromatic carbocycles. The number of carboxylic acids is 1. The number of nitrogens with zero attached hydrogens (tertiary/aromatic N) is 1. The molecular formula is C20H20NO4P. The molecule has 2 aliphatic heterocycles. The van der Waals surface area contributed by atoms with Crippen LogP contribution in [-0.2, 0) is 9.36 Å². The number of aliphatic carboxylic acids is 1. The summed E-state index contributed by atoms with van der Waals surface area (Å²) < 4.78 is 21.3. The van der Waals surface area contributed by atoms with Crippen LogP contribution in [0, 0.1) is 0 Å². The first-order chi connectivity index (χ1) is 12.6. The Bertz CT molecular complexity index is 878. The molecule has 4 rings (SSSR count). The number of hydrogen-bond acceptors (Lipinski definition) is 3. The normalized spacial score (nSPS) is 27.8. The van der Waals surface area contributed by atoms with Gasteiger partial charge in [0, 0.05) is 17.5 Å². The Kier molecular flexibility index (Phi) is 4.43. The molecule has 26 heavy (non-hydrogen) atoms.